The molecular formula is C22H25N3O4. The van der Waals surface area contributed by atoms with Gasteiger partial charge in [-0.3, -0.25) is 9.36 Å². The molecule has 0 bridgehead atoms. The number of hydrogen-bond donors (Lipinski definition) is 2. The summed E-state index contributed by atoms with van der Waals surface area (Å²) in [6.45, 7) is 0. The Morgan fingerprint density at radius 2 is 1.79 bits per heavy atom. The van der Waals surface area contributed by atoms with Crippen molar-refractivity contribution in [3.05, 3.63) is 52.4 Å². The first-order chi connectivity index (χ1) is 14.1. The number of aromatic nitrogens is 2. The number of hydrogen-bond acceptors (Lipinski definition) is 4. The lowest BCUT2D eigenvalue weighted by Crippen LogP contribution is -2.23. The number of amides is 1. The maximum absolute atomic E-state index is 12.7. The van der Waals surface area contributed by atoms with Crippen molar-refractivity contribution in [2.75, 3.05) is 19.5 Å². The van der Waals surface area contributed by atoms with E-state index in [4.69, 9.17) is 9.47 Å². The number of imidazole rings is 1. The number of aromatic amines is 1. The lowest BCUT2D eigenvalue weighted by molar-refractivity contribution is 0.102. The van der Waals surface area contributed by atoms with Crippen molar-refractivity contribution in [1.29, 1.82) is 0 Å². The Labute approximate surface area is 168 Å². The first-order valence-electron chi connectivity index (χ1n) is 9.88. The van der Waals surface area contributed by atoms with Crippen LogP contribution in [0.3, 0.4) is 0 Å². The predicted octanol–water partition coefficient (Wildman–Crippen LogP) is 4.10. The summed E-state index contributed by atoms with van der Waals surface area (Å²) in [5.74, 6) is 0.869. The molecule has 2 aromatic carbocycles. The highest BCUT2D eigenvalue weighted by Gasteiger charge is 2.20. The molecule has 1 fully saturated rings. The number of fused-ring (bicyclic) bond motifs is 1. The third-order valence-electron chi connectivity index (χ3n) is 5.56. The summed E-state index contributed by atoms with van der Waals surface area (Å²) in [4.78, 5) is 28.2. The van der Waals surface area contributed by atoms with Crippen molar-refractivity contribution >= 4 is 22.6 Å². The van der Waals surface area contributed by atoms with Crippen LogP contribution in [0.1, 0.15) is 48.5 Å². The molecule has 152 valence electrons. The zero-order valence-electron chi connectivity index (χ0n) is 16.7. The highest BCUT2D eigenvalue weighted by molar-refractivity contribution is 6.06. The quantitative estimate of drug-likeness (QED) is 0.681. The van der Waals surface area contributed by atoms with Gasteiger partial charge in [0.15, 0.2) is 11.5 Å². The third-order valence-corrected chi connectivity index (χ3v) is 5.56. The smallest absolute Gasteiger partial charge is 0.326 e. The molecule has 0 atom stereocenters. The number of nitrogens with one attached hydrogen (secondary N) is 2. The number of benzene rings is 2. The van der Waals surface area contributed by atoms with Crippen LogP contribution in [0.2, 0.25) is 0 Å². The molecule has 1 aliphatic carbocycles. The van der Waals surface area contributed by atoms with E-state index >= 15 is 0 Å². The SMILES string of the molecule is COc1ccc(NC(=O)c2ccc3c(c2)[nH]c(=O)n3C2CCCCC2)cc1OC. The summed E-state index contributed by atoms with van der Waals surface area (Å²) in [6.07, 6.45) is 5.57. The Morgan fingerprint density at radius 1 is 1.03 bits per heavy atom. The summed E-state index contributed by atoms with van der Waals surface area (Å²) < 4.78 is 12.3. The minimum Gasteiger partial charge on any atom is -0.493 e. The fourth-order valence-corrected chi connectivity index (χ4v) is 4.09. The number of methoxy groups -OCH3 is 2. The molecule has 2 N–H and O–H groups in total. The molecule has 1 saturated carbocycles. The molecular weight excluding hydrogens is 370 g/mol. The Hall–Kier alpha value is -3.22. The van der Waals surface area contributed by atoms with Crippen LogP contribution in [0.4, 0.5) is 5.69 Å². The Morgan fingerprint density at radius 3 is 2.52 bits per heavy atom. The van der Waals surface area contributed by atoms with Crippen LogP contribution in [0.15, 0.2) is 41.2 Å². The zero-order valence-corrected chi connectivity index (χ0v) is 16.7. The van der Waals surface area contributed by atoms with E-state index < -0.39 is 0 Å². The van der Waals surface area contributed by atoms with Gasteiger partial charge in [0.05, 0.1) is 25.3 Å². The van der Waals surface area contributed by atoms with Crippen molar-refractivity contribution in [3.63, 3.8) is 0 Å². The van der Waals surface area contributed by atoms with Gasteiger partial charge in [0, 0.05) is 23.4 Å². The Kier molecular flexibility index (Phi) is 5.29. The van der Waals surface area contributed by atoms with Crippen molar-refractivity contribution < 1.29 is 14.3 Å². The minimum atomic E-state index is -0.259. The summed E-state index contributed by atoms with van der Waals surface area (Å²) in [5.41, 5.74) is 2.50. The Balaban J connectivity index is 1.59. The molecule has 0 saturated heterocycles. The van der Waals surface area contributed by atoms with Crippen LogP contribution in [0.5, 0.6) is 11.5 Å². The topological polar surface area (TPSA) is 85.4 Å². The first kappa shape index (κ1) is 19.1. The Bertz CT molecular complexity index is 1090. The van der Waals surface area contributed by atoms with Crippen LogP contribution >= 0.6 is 0 Å². The fraction of sp³-hybridized carbons (Fsp3) is 0.364. The maximum atomic E-state index is 12.7. The second kappa shape index (κ2) is 8.03. The van der Waals surface area contributed by atoms with Gasteiger partial charge in [-0.25, -0.2) is 4.79 Å². The van der Waals surface area contributed by atoms with Gasteiger partial charge in [0.1, 0.15) is 0 Å². The van der Waals surface area contributed by atoms with Gasteiger partial charge in [-0.2, -0.15) is 0 Å². The first-order valence-corrected chi connectivity index (χ1v) is 9.88. The van der Waals surface area contributed by atoms with Gasteiger partial charge in [-0.05, 0) is 43.2 Å². The molecule has 1 amide bonds. The van der Waals surface area contributed by atoms with Crippen LogP contribution in [0, 0.1) is 0 Å². The van der Waals surface area contributed by atoms with Gasteiger partial charge in [-0.15, -0.1) is 0 Å². The second-order valence-corrected chi connectivity index (χ2v) is 7.35. The number of anilines is 1. The van der Waals surface area contributed by atoms with Crippen LogP contribution < -0.4 is 20.5 Å². The average molecular weight is 395 g/mol. The van der Waals surface area contributed by atoms with Gasteiger partial charge < -0.3 is 19.8 Å². The summed E-state index contributed by atoms with van der Waals surface area (Å²) in [7, 11) is 3.11. The number of carbonyl (C=O) groups is 1. The van der Waals surface area contributed by atoms with Crippen molar-refractivity contribution in [2.24, 2.45) is 0 Å². The molecule has 29 heavy (non-hydrogen) atoms. The molecule has 4 rings (SSSR count). The molecule has 7 heteroatoms. The molecule has 1 aromatic heterocycles. The zero-order chi connectivity index (χ0) is 20.4. The standard InChI is InChI=1S/C22H25N3O4/c1-28-19-11-9-15(13-20(19)29-2)23-21(26)14-8-10-18-17(12-14)24-22(27)25(18)16-6-4-3-5-7-16/h8-13,16H,3-7H2,1-2H3,(H,23,26)(H,24,27). The predicted molar refractivity (Wildman–Crippen MR) is 112 cm³/mol. The van der Waals surface area contributed by atoms with Gasteiger partial charge in [0.2, 0.25) is 0 Å². The van der Waals surface area contributed by atoms with E-state index in [1.165, 1.54) is 6.42 Å². The molecule has 0 unspecified atom stereocenters. The van der Waals surface area contributed by atoms with Crippen LogP contribution in [-0.4, -0.2) is 29.7 Å². The van der Waals surface area contributed by atoms with E-state index in [2.05, 4.69) is 10.3 Å². The monoisotopic (exact) mass is 395 g/mol. The molecule has 3 aromatic rings. The molecule has 0 aliphatic heterocycles. The normalized spacial score (nSPS) is 14.7. The molecule has 1 heterocycles. The maximum Gasteiger partial charge on any atom is 0.326 e. The molecule has 1 aliphatic rings. The van der Waals surface area contributed by atoms with Crippen LogP contribution in [-0.2, 0) is 0 Å². The molecule has 0 spiro atoms. The molecule has 0 radical (unpaired) electrons. The van der Waals surface area contributed by atoms with E-state index in [0.29, 0.717) is 28.3 Å². The third kappa shape index (κ3) is 3.72. The van der Waals surface area contributed by atoms with Crippen LogP contribution in [0.25, 0.3) is 11.0 Å². The number of carbonyl (C=O) groups excluding carboxylic acids is 1. The highest BCUT2D eigenvalue weighted by Crippen LogP contribution is 2.31. The lowest BCUT2D eigenvalue weighted by Gasteiger charge is -2.22. The number of H-pyrrole nitrogens is 1. The highest BCUT2D eigenvalue weighted by atomic mass is 16.5. The van der Waals surface area contributed by atoms with Gasteiger partial charge >= 0.3 is 5.69 Å². The van der Waals surface area contributed by atoms with E-state index in [1.54, 1.807) is 44.6 Å². The van der Waals surface area contributed by atoms with Crippen molar-refractivity contribution in [2.45, 2.75) is 38.1 Å². The summed E-state index contributed by atoms with van der Waals surface area (Å²) in [6, 6.07) is 10.8. The fourth-order valence-electron chi connectivity index (χ4n) is 4.09. The molecule has 7 nitrogen and oxygen atoms in total. The van der Waals surface area contributed by atoms with E-state index in [0.717, 1.165) is 31.2 Å². The van der Waals surface area contributed by atoms with E-state index in [-0.39, 0.29) is 17.6 Å². The van der Waals surface area contributed by atoms with Gasteiger partial charge in [0.25, 0.3) is 5.91 Å². The largest absolute Gasteiger partial charge is 0.493 e. The minimum absolute atomic E-state index is 0.107. The van der Waals surface area contributed by atoms with E-state index in [9.17, 15) is 9.59 Å². The number of rotatable bonds is 5. The van der Waals surface area contributed by atoms with Crippen molar-refractivity contribution in [3.8, 4) is 11.5 Å². The lowest BCUT2D eigenvalue weighted by atomic mass is 9.95. The second-order valence-electron chi connectivity index (χ2n) is 7.35. The van der Waals surface area contributed by atoms with Crippen molar-refractivity contribution in [1.82, 2.24) is 9.55 Å². The number of ether oxygens (including phenoxy) is 2. The van der Waals surface area contributed by atoms with E-state index in [1.807, 2.05) is 10.6 Å². The average Bonchev–Trinajstić information content (AvgIpc) is 3.09. The van der Waals surface area contributed by atoms with Gasteiger partial charge in [-0.1, -0.05) is 19.3 Å². The summed E-state index contributed by atoms with van der Waals surface area (Å²) >= 11 is 0. The number of nitrogens with zero attached hydrogens (tertiary/aromatic N) is 1. The summed E-state index contributed by atoms with van der Waals surface area (Å²) in [5, 5.41) is 2.86.